The van der Waals surface area contributed by atoms with E-state index in [4.69, 9.17) is 24.9 Å². The van der Waals surface area contributed by atoms with Crippen LogP contribution in [0.5, 0.6) is 11.5 Å². The Morgan fingerprint density at radius 2 is 1.92 bits per heavy atom. The molecule has 0 saturated heterocycles. The van der Waals surface area contributed by atoms with Gasteiger partial charge < -0.3 is 30.6 Å². The molecule has 0 spiro atoms. The van der Waals surface area contributed by atoms with E-state index in [9.17, 15) is 9.59 Å². The van der Waals surface area contributed by atoms with E-state index in [2.05, 4.69) is 10.6 Å². The smallest absolute Gasteiger partial charge is 0.325 e. The Balaban J connectivity index is 1.44. The molecule has 2 aromatic carbocycles. The first-order valence-electron chi connectivity index (χ1n) is 11.3. The molecule has 0 saturated carbocycles. The monoisotopic (exact) mass is 487 g/mol. The van der Waals surface area contributed by atoms with Crippen LogP contribution in [0.4, 0.5) is 5.82 Å². The Morgan fingerprint density at radius 3 is 2.75 bits per heavy atom. The van der Waals surface area contributed by atoms with Crippen LogP contribution in [0.3, 0.4) is 0 Å². The molecule has 2 aromatic heterocycles. The number of aromatic nitrogens is 2. The third kappa shape index (κ3) is 4.66. The number of nitrogens with two attached hydrogens (primary N) is 1. The number of amides is 1. The second-order valence-corrected chi connectivity index (χ2v) is 8.16. The molecule has 0 bridgehead atoms. The second-order valence-electron chi connectivity index (χ2n) is 8.16. The number of carbonyl (C=O) groups is 2. The molecule has 10 heteroatoms. The number of anilines is 1. The third-order valence-electron chi connectivity index (χ3n) is 5.84. The van der Waals surface area contributed by atoms with Gasteiger partial charge in [-0.15, -0.1) is 0 Å². The van der Waals surface area contributed by atoms with Crippen molar-refractivity contribution in [2.45, 2.75) is 13.1 Å². The lowest BCUT2D eigenvalue weighted by molar-refractivity contribution is -0.138. The first-order chi connectivity index (χ1) is 17.6. The predicted octanol–water partition coefficient (Wildman–Crippen LogP) is 2.70. The number of rotatable bonds is 8. The molecule has 5 rings (SSSR count). The van der Waals surface area contributed by atoms with Crippen molar-refractivity contribution in [1.82, 2.24) is 14.7 Å². The SMILES string of the molecule is COC(=O)CNc1c(-c2ccc3c(c2)OCO3)nc2cc(C(=O)NCc3cccc(CN)c3)ccn12. The Kier molecular flexibility index (Phi) is 6.42. The maximum Gasteiger partial charge on any atom is 0.325 e. The van der Waals surface area contributed by atoms with Crippen LogP contribution in [0.15, 0.2) is 60.8 Å². The zero-order valence-corrected chi connectivity index (χ0v) is 19.6. The number of benzene rings is 2. The number of ether oxygens (including phenoxy) is 3. The number of nitrogens with zero attached hydrogens (tertiary/aromatic N) is 2. The molecule has 3 heterocycles. The van der Waals surface area contributed by atoms with E-state index in [0.717, 1.165) is 16.7 Å². The van der Waals surface area contributed by atoms with Gasteiger partial charge in [0.05, 0.1) is 7.11 Å². The summed E-state index contributed by atoms with van der Waals surface area (Å²) in [5, 5.41) is 6.04. The van der Waals surface area contributed by atoms with E-state index >= 15 is 0 Å². The van der Waals surface area contributed by atoms with E-state index in [1.165, 1.54) is 7.11 Å². The van der Waals surface area contributed by atoms with Crippen LogP contribution in [0.1, 0.15) is 21.5 Å². The maximum atomic E-state index is 12.9. The molecule has 1 aliphatic heterocycles. The van der Waals surface area contributed by atoms with Crippen LogP contribution in [-0.2, 0) is 22.6 Å². The maximum absolute atomic E-state index is 12.9. The fourth-order valence-electron chi connectivity index (χ4n) is 3.98. The number of carbonyl (C=O) groups excluding carboxylic acids is 2. The average molecular weight is 488 g/mol. The lowest BCUT2D eigenvalue weighted by Crippen LogP contribution is -2.23. The summed E-state index contributed by atoms with van der Waals surface area (Å²) in [5.74, 6) is 1.20. The minimum atomic E-state index is -0.420. The molecule has 4 aromatic rings. The van der Waals surface area contributed by atoms with Gasteiger partial charge in [0.15, 0.2) is 11.5 Å². The van der Waals surface area contributed by atoms with Gasteiger partial charge in [-0.25, -0.2) is 4.98 Å². The molecular weight excluding hydrogens is 462 g/mol. The number of hydrogen-bond donors (Lipinski definition) is 3. The summed E-state index contributed by atoms with van der Waals surface area (Å²) in [5.41, 5.74) is 10.0. The van der Waals surface area contributed by atoms with Crippen molar-refractivity contribution < 1.29 is 23.8 Å². The van der Waals surface area contributed by atoms with Crippen LogP contribution in [-0.4, -0.2) is 41.7 Å². The fourth-order valence-corrected chi connectivity index (χ4v) is 3.98. The van der Waals surface area contributed by atoms with Crippen molar-refractivity contribution >= 4 is 23.3 Å². The van der Waals surface area contributed by atoms with Crippen LogP contribution in [0.2, 0.25) is 0 Å². The van der Waals surface area contributed by atoms with Crippen molar-refractivity contribution in [2.75, 3.05) is 25.8 Å². The van der Waals surface area contributed by atoms with Crippen molar-refractivity contribution in [1.29, 1.82) is 0 Å². The van der Waals surface area contributed by atoms with E-state index < -0.39 is 5.97 Å². The molecule has 0 radical (unpaired) electrons. The zero-order chi connectivity index (χ0) is 25.1. The molecule has 184 valence electrons. The predicted molar refractivity (Wildman–Crippen MR) is 133 cm³/mol. The summed E-state index contributed by atoms with van der Waals surface area (Å²) in [6.07, 6.45) is 1.74. The van der Waals surface area contributed by atoms with Crippen molar-refractivity contribution in [3.05, 3.63) is 77.5 Å². The summed E-state index contributed by atoms with van der Waals surface area (Å²) in [7, 11) is 1.33. The highest BCUT2D eigenvalue weighted by Gasteiger charge is 2.20. The molecule has 36 heavy (non-hydrogen) atoms. The quantitative estimate of drug-likeness (QED) is 0.324. The Hall–Kier alpha value is -4.57. The van der Waals surface area contributed by atoms with Gasteiger partial charge in [0.1, 0.15) is 23.7 Å². The number of esters is 1. The topological polar surface area (TPSA) is 129 Å². The molecular formula is C26H25N5O5. The minimum Gasteiger partial charge on any atom is -0.468 e. The standard InChI is InChI=1S/C26H25N5O5/c1-34-23(32)14-28-25-24(18-5-6-20-21(10-18)36-15-35-20)30-22-11-19(7-8-31(22)25)26(33)29-13-17-4-2-3-16(9-17)12-27/h2-11,28H,12-15,27H2,1H3,(H,29,33). The summed E-state index contributed by atoms with van der Waals surface area (Å²) in [6.45, 7) is 0.926. The lowest BCUT2D eigenvalue weighted by atomic mass is 10.1. The van der Waals surface area contributed by atoms with Crippen molar-refractivity contribution in [3.63, 3.8) is 0 Å². The first kappa shape index (κ1) is 23.2. The summed E-state index contributed by atoms with van der Waals surface area (Å²) >= 11 is 0. The molecule has 10 nitrogen and oxygen atoms in total. The third-order valence-corrected chi connectivity index (χ3v) is 5.84. The fraction of sp³-hybridized carbons (Fsp3) is 0.192. The van der Waals surface area contributed by atoms with E-state index in [1.807, 2.05) is 42.5 Å². The molecule has 1 aliphatic rings. The summed E-state index contributed by atoms with van der Waals surface area (Å²) in [6, 6.07) is 16.7. The van der Waals surface area contributed by atoms with Gasteiger partial charge in [0.25, 0.3) is 5.91 Å². The molecule has 1 amide bonds. The highest BCUT2D eigenvalue weighted by atomic mass is 16.7. The summed E-state index contributed by atoms with van der Waals surface area (Å²) < 4.78 is 17.5. The van der Waals surface area contributed by atoms with E-state index in [1.54, 1.807) is 22.7 Å². The van der Waals surface area contributed by atoms with E-state index in [-0.39, 0.29) is 19.2 Å². The van der Waals surface area contributed by atoms with Crippen LogP contribution in [0, 0.1) is 0 Å². The normalized spacial score (nSPS) is 11.9. The Bertz CT molecular complexity index is 1450. The highest BCUT2D eigenvalue weighted by Crippen LogP contribution is 2.38. The van der Waals surface area contributed by atoms with E-state index in [0.29, 0.717) is 47.3 Å². The Labute approximate surface area is 207 Å². The van der Waals surface area contributed by atoms with Crippen LogP contribution in [0.25, 0.3) is 16.9 Å². The van der Waals surface area contributed by atoms with Gasteiger partial charge in [0.2, 0.25) is 6.79 Å². The zero-order valence-electron chi connectivity index (χ0n) is 19.6. The highest BCUT2D eigenvalue weighted by molar-refractivity contribution is 5.95. The van der Waals surface area contributed by atoms with Gasteiger partial charge >= 0.3 is 5.97 Å². The first-order valence-corrected chi connectivity index (χ1v) is 11.3. The van der Waals surface area contributed by atoms with Crippen molar-refractivity contribution in [3.8, 4) is 22.8 Å². The van der Waals surface area contributed by atoms with Gasteiger partial charge in [-0.2, -0.15) is 0 Å². The van der Waals surface area contributed by atoms with Gasteiger partial charge in [-0.05, 0) is 41.5 Å². The lowest BCUT2D eigenvalue weighted by Gasteiger charge is -2.09. The molecule has 0 fully saturated rings. The minimum absolute atomic E-state index is 0.0497. The molecule has 0 unspecified atom stereocenters. The second kappa shape index (κ2) is 9.96. The molecule has 0 atom stereocenters. The molecule has 0 aliphatic carbocycles. The molecule has 4 N–H and O–H groups in total. The number of imidazole rings is 1. The largest absolute Gasteiger partial charge is 0.468 e. The number of nitrogens with one attached hydrogen (secondary N) is 2. The van der Waals surface area contributed by atoms with Gasteiger partial charge in [-0.3, -0.25) is 14.0 Å². The van der Waals surface area contributed by atoms with Crippen molar-refractivity contribution in [2.24, 2.45) is 5.73 Å². The number of pyridine rings is 1. The van der Waals surface area contributed by atoms with Crippen LogP contribution < -0.4 is 25.8 Å². The summed E-state index contributed by atoms with van der Waals surface area (Å²) in [4.78, 5) is 29.4. The van der Waals surface area contributed by atoms with Gasteiger partial charge in [0, 0.05) is 30.4 Å². The Morgan fingerprint density at radius 1 is 1.08 bits per heavy atom. The number of hydrogen-bond acceptors (Lipinski definition) is 8. The van der Waals surface area contributed by atoms with Gasteiger partial charge in [-0.1, -0.05) is 24.3 Å². The average Bonchev–Trinajstić information content (AvgIpc) is 3.53. The number of fused-ring (bicyclic) bond motifs is 2. The number of methoxy groups -OCH3 is 1. The van der Waals surface area contributed by atoms with Crippen LogP contribution >= 0.6 is 0 Å².